The highest BCUT2D eigenvalue weighted by Crippen LogP contribution is 2.11. The summed E-state index contributed by atoms with van der Waals surface area (Å²) in [7, 11) is 0. The molecule has 0 unspecified atom stereocenters. The molecule has 0 atom stereocenters. The number of aromatic nitrogens is 2. The Morgan fingerprint density at radius 2 is 2.20 bits per heavy atom. The summed E-state index contributed by atoms with van der Waals surface area (Å²) in [5, 5.41) is 4.11. The van der Waals surface area contributed by atoms with Crippen molar-refractivity contribution >= 4 is 16.9 Å². The first-order valence-electron chi connectivity index (χ1n) is 4.79. The highest BCUT2D eigenvalue weighted by molar-refractivity contribution is 5.78. The number of hydrogen-bond donors (Lipinski definition) is 1. The maximum absolute atomic E-state index is 5.15. The van der Waals surface area contributed by atoms with Gasteiger partial charge < -0.3 is 5.32 Å². The van der Waals surface area contributed by atoms with Crippen LogP contribution >= 0.6 is 0 Å². The Morgan fingerprint density at radius 3 is 3.07 bits per heavy atom. The molecule has 0 amide bonds. The van der Waals surface area contributed by atoms with E-state index in [1.807, 2.05) is 24.3 Å². The molecule has 0 saturated heterocycles. The SMILES string of the molecule is C#CCCNc1ncc2ccccc2n1. The van der Waals surface area contributed by atoms with Crippen molar-refractivity contribution in [1.29, 1.82) is 0 Å². The zero-order valence-electron chi connectivity index (χ0n) is 8.27. The number of para-hydroxylation sites is 1. The van der Waals surface area contributed by atoms with E-state index in [0.717, 1.165) is 10.9 Å². The molecule has 0 aliphatic rings. The largest absolute Gasteiger partial charge is 0.353 e. The first kappa shape index (κ1) is 9.47. The van der Waals surface area contributed by atoms with E-state index in [1.54, 1.807) is 6.20 Å². The maximum atomic E-state index is 5.15. The van der Waals surface area contributed by atoms with Gasteiger partial charge in [-0.3, -0.25) is 0 Å². The Balaban J connectivity index is 2.20. The summed E-state index contributed by atoms with van der Waals surface area (Å²) in [5.41, 5.74) is 0.940. The Hall–Kier alpha value is -2.08. The molecule has 15 heavy (non-hydrogen) atoms. The normalized spacial score (nSPS) is 9.80. The van der Waals surface area contributed by atoms with Crippen LogP contribution in [0, 0.1) is 12.3 Å². The van der Waals surface area contributed by atoms with Gasteiger partial charge in [0, 0.05) is 24.5 Å². The number of fused-ring (bicyclic) bond motifs is 1. The van der Waals surface area contributed by atoms with Crippen molar-refractivity contribution in [3.8, 4) is 12.3 Å². The topological polar surface area (TPSA) is 37.8 Å². The highest BCUT2D eigenvalue weighted by Gasteiger charge is 1.97. The lowest BCUT2D eigenvalue weighted by molar-refractivity contribution is 1.05. The molecular weight excluding hydrogens is 186 g/mol. The molecule has 1 heterocycles. The van der Waals surface area contributed by atoms with Crippen LogP contribution in [0.25, 0.3) is 10.9 Å². The molecule has 0 aliphatic heterocycles. The third kappa shape index (κ3) is 2.23. The molecule has 0 fully saturated rings. The summed E-state index contributed by atoms with van der Waals surface area (Å²) in [6.45, 7) is 0.703. The number of nitrogens with one attached hydrogen (secondary N) is 1. The van der Waals surface area contributed by atoms with Crippen LogP contribution in [0.5, 0.6) is 0 Å². The number of rotatable bonds is 3. The van der Waals surface area contributed by atoms with Crippen LogP contribution in [0.2, 0.25) is 0 Å². The second-order valence-corrected chi connectivity index (χ2v) is 3.13. The van der Waals surface area contributed by atoms with Crippen LogP contribution < -0.4 is 5.32 Å². The maximum Gasteiger partial charge on any atom is 0.223 e. The van der Waals surface area contributed by atoms with E-state index in [4.69, 9.17) is 6.42 Å². The van der Waals surface area contributed by atoms with Crippen molar-refractivity contribution in [3.63, 3.8) is 0 Å². The molecular formula is C12H11N3. The van der Waals surface area contributed by atoms with Crippen LogP contribution in [0.15, 0.2) is 30.5 Å². The standard InChI is InChI=1S/C12H11N3/c1-2-3-8-13-12-14-9-10-6-4-5-7-11(10)15-12/h1,4-7,9H,3,8H2,(H,13,14,15). The molecule has 0 saturated carbocycles. The second kappa shape index (κ2) is 4.43. The van der Waals surface area contributed by atoms with Gasteiger partial charge in [0.15, 0.2) is 0 Å². The second-order valence-electron chi connectivity index (χ2n) is 3.13. The van der Waals surface area contributed by atoms with Gasteiger partial charge in [0.1, 0.15) is 0 Å². The van der Waals surface area contributed by atoms with Gasteiger partial charge in [-0.2, -0.15) is 0 Å². The fourth-order valence-corrected chi connectivity index (χ4v) is 1.30. The van der Waals surface area contributed by atoms with Crippen molar-refractivity contribution in [2.75, 3.05) is 11.9 Å². The zero-order chi connectivity index (χ0) is 10.5. The monoisotopic (exact) mass is 197 g/mol. The van der Waals surface area contributed by atoms with Gasteiger partial charge in [0.2, 0.25) is 5.95 Å². The lowest BCUT2D eigenvalue weighted by Gasteiger charge is -2.02. The molecule has 1 N–H and O–H groups in total. The van der Waals surface area contributed by atoms with E-state index >= 15 is 0 Å². The van der Waals surface area contributed by atoms with E-state index < -0.39 is 0 Å². The Bertz CT molecular complexity index is 499. The molecule has 0 bridgehead atoms. The fraction of sp³-hybridized carbons (Fsp3) is 0.167. The number of hydrogen-bond acceptors (Lipinski definition) is 3. The minimum Gasteiger partial charge on any atom is -0.353 e. The van der Waals surface area contributed by atoms with Crippen molar-refractivity contribution < 1.29 is 0 Å². The van der Waals surface area contributed by atoms with Gasteiger partial charge in [-0.05, 0) is 6.07 Å². The smallest absolute Gasteiger partial charge is 0.223 e. The first-order chi connectivity index (χ1) is 7.40. The minimum absolute atomic E-state index is 0.629. The Labute approximate surface area is 88.6 Å². The van der Waals surface area contributed by atoms with E-state index in [-0.39, 0.29) is 0 Å². The third-order valence-electron chi connectivity index (χ3n) is 2.04. The lowest BCUT2D eigenvalue weighted by Crippen LogP contribution is -2.04. The molecule has 74 valence electrons. The summed E-state index contributed by atoms with van der Waals surface area (Å²) in [6.07, 6.45) is 7.64. The number of nitrogens with zero attached hydrogens (tertiary/aromatic N) is 2. The summed E-state index contributed by atoms with van der Waals surface area (Å²) >= 11 is 0. The van der Waals surface area contributed by atoms with Crippen molar-refractivity contribution in [1.82, 2.24) is 9.97 Å². The summed E-state index contributed by atoms with van der Waals surface area (Å²) in [6, 6.07) is 7.88. The number of benzene rings is 1. The van der Waals surface area contributed by atoms with E-state index in [2.05, 4.69) is 21.2 Å². The molecule has 2 rings (SSSR count). The molecule has 1 aromatic carbocycles. The number of terminal acetylenes is 1. The molecule has 0 spiro atoms. The predicted octanol–water partition coefficient (Wildman–Crippen LogP) is 2.06. The zero-order valence-corrected chi connectivity index (χ0v) is 8.27. The van der Waals surface area contributed by atoms with Crippen molar-refractivity contribution in [2.45, 2.75) is 6.42 Å². The van der Waals surface area contributed by atoms with E-state index in [0.29, 0.717) is 18.9 Å². The van der Waals surface area contributed by atoms with Crippen LogP contribution in [-0.2, 0) is 0 Å². The van der Waals surface area contributed by atoms with Gasteiger partial charge in [-0.15, -0.1) is 12.3 Å². The first-order valence-corrected chi connectivity index (χ1v) is 4.79. The molecule has 3 nitrogen and oxygen atoms in total. The predicted molar refractivity (Wildman–Crippen MR) is 61.5 cm³/mol. The fourth-order valence-electron chi connectivity index (χ4n) is 1.30. The lowest BCUT2D eigenvalue weighted by atomic mass is 10.2. The van der Waals surface area contributed by atoms with Gasteiger partial charge in [0.05, 0.1) is 5.52 Å². The Morgan fingerprint density at radius 1 is 1.33 bits per heavy atom. The highest BCUT2D eigenvalue weighted by atomic mass is 15.1. The average molecular weight is 197 g/mol. The van der Waals surface area contributed by atoms with Gasteiger partial charge in [-0.1, -0.05) is 18.2 Å². The molecule has 0 aliphatic carbocycles. The van der Waals surface area contributed by atoms with Gasteiger partial charge >= 0.3 is 0 Å². The van der Waals surface area contributed by atoms with Crippen LogP contribution in [0.1, 0.15) is 6.42 Å². The number of anilines is 1. The molecule has 3 heteroatoms. The summed E-state index contributed by atoms with van der Waals surface area (Å²) < 4.78 is 0. The minimum atomic E-state index is 0.629. The molecule has 2 aromatic rings. The molecule has 0 radical (unpaired) electrons. The quantitative estimate of drug-likeness (QED) is 0.604. The molecule has 1 aromatic heterocycles. The van der Waals surface area contributed by atoms with Crippen LogP contribution in [0.4, 0.5) is 5.95 Å². The van der Waals surface area contributed by atoms with Gasteiger partial charge in [0.25, 0.3) is 0 Å². The van der Waals surface area contributed by atoms with Gasteiger partial charge in [-0.25, -0.2) is 9.97 Å². The van der Waals surface area contributed by atoms with Crippen LogP contribution in [0.3, 0.4) is 0 Å². The van der Waals surface area contributed by atoms with Crippen molar-refractivity contribution in [2.24, 2.45) is 0 Å². The van der Waals surface area contributed by atoms with E-state index in [9.17, 15) is 0 Å². The summed E-state index contributed by atoms with van der Waals surface area (Å²) in [5.74, 6) is 3.19. The van der Waals surface area contributed by atoms with Crippen molar-refractivity contribution in [3.05, 3.63) is 30.5 Å². The Kier molecular flexibility index (Phi) is 2.80. The van der Waals surface area contributed by atoms with E-state index in [1.165, 1.54) is 0 Å². The summed E-state index contributed by atoms with van der Waals surface area (Å²) in [4.78, 5) is 8.54. The average Bonchev–Trinajstić information content (AvgIpc) is 2.29. The van der Waals surface area contributed by atoms with Crippen LogP contribution in [-0.4, -0.2) is 16.5 Å². The third-order valence-corrected chi connectivity index (χ3v) is 2.04.